The Morgan fingerprint density at radius 2 is 2.30 bits per heavy atom. The molecule has 56 valence electrons. The number of ketones is 1. The van der Waals surface area contributed by atoms with Gasteiger partial charge in [-0.15, -0.1) is 0 Å². The highest BCUT2D eigenvalue weighted by Gasteiger charge is 2.49. The van der Waals surface area contributed by atoms with Gasteiger partial charge in [-0.3, -0.25) is 4.79 Å². The van der Waals surface area contributed by atoms with Crippen LogP contribution in [0.2, 0.25) is 0 Å². The standard InChI is InChI=1S/C8H12O2/c1-4-8(5-10-8)7(9)6(2)3/h2,4-5H2,1,3H3. The summed E-state index contributed by atoms with van der Waals surface area (Å²) in [6.45, 7) is 7.83. The van der Waals surface area contributed by atoms with Gasteiger partial charge >= 0.3 is 0 Å². The molecule has 0 spiro atoms. The highest BCUT2D eigenvalue weighted by molar-refractivity contribution is 6.02. The van der Waals surface area contributed by atoms with E-state index in [-0.39, 0.29) is 5.78 Å². The lowest BCUT2D eigenvalue weighted by Crippen LogP contribution is -2.23. The third-order valence-corrected chi connectivity index (χ3v) is 1.87. The Bertz CT molecular complexity index is 178. The highest BCUT2D eigenvalue weighted by atomic mass is 16.6. The van der Waals surface area contributed by atoms with Gasteiger partial charge in [-0.25, -0.2) is 0 Å². The fourth-order valence-corrected chi connectivity index (χ4v) is 0.972. The molecule has 0 amide bonds. The van der Waals surface area contributed by atoms with Crippen LogP contribution < -0.4 is 0 Å². The Hall–Kier alpha value is -0.630. The van der Waals surface area contributed by atoms with Crippen LogP contribution in [-0.4, -0.2) is 18.0 Å². The minimum atomic E-state index is -0.466. The smallest absolute Gasteiger partial charge is 0.192 e. The zero-order chi connectivity index (χ0) is 7.78. The molecule has 0 aromatic heterocycles. The molecule has 0 N–H and O–H groups in total. The van der Waals surface area contributed by atoms with E-state index in [1.807, 2.05) is 6.92 Å². The zero-order valence-corrected chi connectivity index (χ0v) is 6.44. The first-order chi connectivity index (χ1) is 4.62. The van der Waals surface area contributed by atoms with E-state index < -0.39 is 5.60 Å². The van der Waals surface area contributed by atoms with Crippen LogP contribution >= 0.6 is 0 Å². The number of Topliss-reactive ketones (excluding diaryl/α,β-unsaturated/α-hetero) is 1. The minimum Gasteiger partial charge on any atom is -0.361 e. The summed E-state index contributed by atoms with van der Waals surface area (Å²) in [5, 5.41) is 0. The molecule has 1 aliphatic heterocycles. The average Bonchev–Trinajstić information content (AvgIpc) is 2.66. The first kappa shape index (κ1) is 7.48. The SMILES string of the molecule is C=C(C)C(=O)C1(CC)CO1. The van der Waals surface area contributed by atoms with Gasteiger partial charge in [-0.1, -0.05) is 13.5 Å². The summed E-state index contributed by atoms with van der Waals surface area (Å²) in [7, 11) is 0. The third-order valence-electron chi connectivity index (χ3n) is 1.87. The van der Waals surface area contributed by atoms with Crippen molar-refractivity contribution in [1.29, 1.82) is 0 Å². The van der Waals surface area contributed by atoms with Crippen LogP contribution in [0.1, 0.15) is 20.3 Å². The maximum absolute atomic E-state index is 11.2. The fourth-order valence-electron chi connectivity index (χ4n) is 0.972. The van der Waals surface area contributed by atoms with Crippen molar-refractivity contribution in [2.45, 2.75) is 25.9 Å². The van der Waals surface area contributed by atoms with Crippen molar-refractivity contribution in [3.63, 3.8) is 0 Å². The van der Waals surface area contributed by atoms with Gasteiger partial charge < -0.3 is 4.74 Å². The predicted octanol–water partition coefficient (Wildman–Crippen LogP) is 1.31. The fraction of sp³-hybridized carbons (Fsp3) is 0.625. The van der Waals surface area contributed by atoms with E-state index in [1.54, 1.807) is 6.92 Å². The molecule has 10 heavy (non-hydrogen) atoms. The van der Waals surface area contributed by atoms with Crippen LogP contribution in [0.3, 0.4) is 0 Å². The molecule has 0 radical (unpaired) electrons. The highest BCUT2D eigenvalue weighted by Crippen LogP contribution is 2.33. The van der Waals surface area contributed by atoms with Gasteiger partial charge in [-0.05, 0) is 18.9 Å². The Morgan fingerprint density at radius 3 is 2.40 bits per heavy atom. The molecule has 1 rings (SSSR count). The summed E-state index contributed by atoms with van der Waals surface area (Å²) >= 11 is 0. The molecule has 0 aromatic carbocycles. The molecule has 1 unspecified atom stereocenters. The summed E-state index contributed by atoms with van der Waals surface area (Å²) < 4.78 is 5.06. The number of carbonyl (C=O) groups excluding carboxylic acids is 1. The van der Waals surface area contributed by atoms with E-state index in [0.717, 1.165) is 6.42 Å². The second-order valence-corrected chi connectivity index (χ2v) is 2.75. The maximum Gasteiger partial charge on any atom is 0.192 e. The van der Waals surface area contributed by atoms with Crippen LogP contribution in [-0.2, 0) is 9.53 Å². The summed E-state index contributed by atoms with van der Waals surface area (Å²) in [5.41, 5.74) is 0.130. The quantitative estimate of drug-likeness (QED) is 0.437. The largest absolute Gasteiger partial charge is 0.361 e. The number of rotatable bonds is 3. The molecule has 1 atom stereocenters. The zero-order valence-electron chi connectivity index (χ0n) is 6.44. The number of carbonyl (C=O) groups is 1. The normalized spacial score (nSPS) is 29.8. The number of hydrogen-bond acceptors (Lipinski definition) is 2. The Labute approximate surface area is 60.9 Å². The van der Waals surface area contributed by atoms with Crippen molar-refractivity contribution in [1.82, 2.24) is 0 Å². The number of ether oxygens (including phenoxy) is 1. The van der Waals surface area contributed by atoms with Gasteiger partial charge in [-0.2, -0.15) is 0 Å². The maximum atomic E-state index is 11.2. The van der Waals surface area contributed by atoms with E-state index in [4.69, 9.17) is 4.74 Å². The number of epoxide rings is 1. The molecule has 1 heterocycles. The molecule has 0 saturated carbocycles. The van der Waals surface area contributed by atoms with Crippen molar-refractivity contribution >= 4 is 5.78 Å². The molecule has 0 aromatic rings. The van der Waals surface area contributed by atoms with Crippen LogP contribution in [0.25, 0.3) is 0 Å². The summed E-state index contributed by atoms with van der Waals surface area (Å²) in [6.07, 6.45) is 0.763. The van der Waals surface area contributed by atoms with Crippen LogP contribution in [0.4, 0.5) is 0 Å². The van der Waals surface area contributed by atoms with Crippen molar-refractivity contribution in [3.8, 4) is 0 Å². The first-order valence-electron chi connectivity index (χ1n) is 3.46. The van der Waals surface area contributed by atoms with Gasteiger partial charge in [0.25, 0.3) is 0 Å². The van der Waals surface area contributed by atoms with Crippen LogP contribution in [0, 0.1) is 0 Å². The third kappa shape index (κ3) is 0.991. The van der Waals surface area contributed by atoms with E-state index in [0.29, 0.717) is 12.2 Å². The Kier molecular flexibility index (Phi) is 1.65. The van der Waals surface area contributed by atoms with Crippen molar-refractivity contribution in [2.75, 3.05) is 6.61 Å². The van der Waals surface area contributed by atoms with E-state index >= 15 is 0 Å². The first-order valence-corrected chi connectivity index (χ1v) is 3.46. The van der Waals surface area contributed by atoms with E-state index in [2.05, 4.69) is 6.58 Å². The van der Waals surface area contributed by atoms with E-state index in [1.165, 1.54) is 0 Å². The number of hydrogen-bond donors (Lipinski definition) is 0. The minimum absolute atomic E-state index is 0.0648. The summed E-state index contributed by atoms with van der Waals surface area (Å²) in [6, 6.07) is 0. The van der Waals surface area contributed by atoms with Gasteiger partial charge in [0.2, 0.25) is 0 Å². The van der Waals surface area contributed by atoms with Gasteiger partial charge in [0.05, 0.1) is 6.61 Å². The summed E-state index contributed by atoms with van der Waals surface area (Å²) in [5.74, 6) is 0.0648. The molecule has 2 heteroatoms. The van der Waals surface area contributed by atoms with E-state index in [9.17, 15) is 4.79 Å². The molecule has 1 aliphatic rings. The molecular weight excluding hydrogens is 128 g/mol. The second-order valence-electron chi connectivity index (χ2n) is 2.75. The molecule has 0 aliphatic carbocycles. The lowest BCUT2D eigenvalue weighted by Gasteiger charge is -2.05. The lowest BCUT2D eigenvalue weighted by molar-refractivity contribution is -0.120. The average molecular weight is 140 g/mol. The molecular formula is C8H12O2. The molecule has 2 nitrogen and oxygen atoms in total. The molecule has 0 bridgehead atoms. The predicted molar refractivity (Wildman–Crippen MR) is 38.8 cm³/mol. The summed E-state index contributed by atoms with van der Waals surface area (Å²) in [4.78, 5) is 11.2. The Balaban J connectivity index is 2.65. The van der Waals surface area contributed by atoms with Gasteiger partial charge in [0.1, 0.15) is 0 Å². The van der Waals surface area contributed by atoms with Crippen molar-refractivity contribution in [2.24, 2.45) is 0 Å². The van der Waals surface area contributed by atoms with Crippen molar-refractivity contribution in [3.05, 3.63) is 12.2 Å². The monoisotopic (exact) mass is 140 g/mol. The van der Waals surface area contributed by atoms with Gasteiger partial charge in [0.15, 0.2) is 11.4 Å². The molecule has 1 fully saturated rings. The Morgan fingerprint density at radius 1 is 1.80 bits per heavy atom. The molecule has 1 saturated heterocycles. The topological polar surface area (TPSA) is 29.6 Å². The lowest BCUT2D eigenvalue weighted by atomic mass is 9.98. The van der Waals surface area contributed by atoms with Crippen LogP contribution in [0.15, 0.2) is 12.2 Å². The second kappa shape index (κ2) is 2.20. The van der Waals surface area contributed by atoms with Crippen LogP contribution in [0.5, 0.6) is 0 Å². The van der Waals surface area contributed by atoms with Crippen molar-refractivity contribution < 1.29 is 9.53 Å². The van der Waals surface area contributed by atoms with Gasteiger partial charge in [0, 0.05) is 0 Å².